The Morgan fingerprint density at radius 2 is 1.89 bits per heavy atom. The second kappa shape index (κ2) is 4.14. The van der Waals surface area contributed by atoms with Gasteiger partial charge in [-0.15, -0.1) is 0 Å². The van der Waals surface area contributed by atoms with Gasteiger partial charge in [-0.3, -0.25) is 4.79 Å². The van der Waals surface area contributed by atoms with Gasteiger partial charge in [0.15, 0.2) is 0 Å². The van der Waals surface area contributed by atoms with Crippen LogP contribution in [-0.4, -0.2) is 40.6 Å². The van der Waals surface area contributed by atoms with Gasteiger partial charge in [-0.25, -0.2) is 4.79 Å². The molecule has 1 aliphatic carbocycles. The van der Waals surface area contributed by atoms with Crippen molar-refractivity contribution in [1.82, 2.24) is 10.2 Å². The lowest BCUT2D eigenvalue weighted by atomic mass is 9.99. The third-order valence-corrected chi connectivity index (χ3v) is 3.57. The van der Waals surface area contributed by atoms with Crippen molar-refractivity contribution in [3.8, 4) is 0 Å². The zero-order valence-electron chi connectivity index (χ0n) is 11.6. The first-order valence-corrected chi connectivity index (χ1v) is 6.55. The van der Waals surface area contributed by atoms with Gasteiger partial charge >= 0.3 is 6.09 Å². The maximum atomic E-state index is 12.1. The standard InChI is InChI=1S/C13H22N2O3/c1-9(14-11(17)18-12(2,3)4)10(16)15-8-7-13(15)5-6-13/h9H,5-8H2,1-4H3,(H,14,17)/t9-/m1/s1. The molecule has 2 aliphatic rings. The first-order valence-electron chi connectivity index (χ1n) is 6.55. The Morgan fingerprint density at radius 1 is 1.28 bits per heavy atom. The molecule has 1 spiro atoms. The van der Waals surface area contributed by atoms with Gasteiger partial charge in [0.25, 0.3) is 0 Å². The van der Waals surface area contributed by atoms with Crippen molar-refractivity contribution in [2.24, 2.45) is 0 Å². The number of rotatable bonds is 2. The molecule has 1 N–H and O–H groups in total. The smallest absolute Gasteiger partial charge is 0.408 e. The van der Waals surface area contributed by atoms with Gasteiger partial charge in [-0.05, 0) is 47.0 Å². The molecule has 0 unspecified atom stereocenters. The van der Waals surface area contributed by atoms with Crippen molar-refractivity contribution in [1.29, 1.82) is 0 Å². The fourth-order valence-corrected chi connectivity index (χ4v) is 2.33. The SMILES string of the molecule is C[C@@H](NC(=O)OC(C)(C)C)C(=O)N1CCC12CC2. The van der Waals surface area contributed by atoms with E-state index < -0.39 is 17.7 Å². The van der Waals surface area contributed by atoms with E-state index in [2.05, 4.69) is 5.32 Å². The van der Waals surface area contributed by atoms with Crippen LogP contribution in [0.2, 0.25) is 0 Å². The molecule has 0 aromatic heterocycles. The summed E-state index contributed by atoms with van der Waals surface area (Å²) in [7, 11) is 0. The Kier molecular flexibility index (Phi) is 3.03. The Hall–Kier alpha value is -1.26. The summed E-state index contributed by atoms with van der Waals surface area (Å²) in [4.78, 5) is 25.6. The number of nitrogens with one attached hydrogen (secondary N) is 1. The van der Waals surface area contributed by atoms with Gasteiger partial charge in [0.1, 0.15) is 11.6 Å². The molecule has 2 fully saturated rings. The summed E-state index contributed by atoms with van der Waals surface area (Å²) in [6.07, 6.45) is 2.79. The number of hydrogen-bond donors (Lipinski definition) is 1. The van der Waals surface area contributed by atoms with Crippen LogP contribution in [0.15, 0.2) is 0 Å². The molecule has 0 aromatic carbocycles. The molecule has 102 valence electrons. The van der Waals surface area contributed by atoms with Crippen molar-refractivity contribution in [3.05, 3.63) is 0 Å². The largest absolute Gasteiger partial charge is 0.444 e. The van der Waals surface area contributed by atoms with E-state index in [9.17, 15) is 9.59 Å². The van der Waals surface area contributed by atoms with E-state index in [0.29, 0.717) is 0 Å². The highest BCUT2D eigenvalue weighted by Crippen LogP contribution is 2.51. The third-order valence-electron chi connectivity index (χ3n) is 3.57. The summed E-state index contributed by atoms with van der Waals surface area (Å²) < 4.78 is 5.14. The van der Waals surface area contributed by atoms with Crippen LogP contribution >= 0.6 is 0 Å². The van der Waals surface area contributed by atoms with Crippen molar-refractivity contribution >= 4 is 12.0 Å². The molecule has 0 radical (unpaired) electrons. The van der Waals surface area contributed by atoms with Crippen LogP contribution in [0.4, 0.5) is 4.79 Å². The molecule has 5 heteroatoms. The van der Waals surface area contributed by atoms with Gasteiger partial charge < -0.3 is 15.0 Å². The van der Waals surface area contributed by atoms with Crippen LogP contribution in [0.25, 0.3) is 0 Å². The van der Waals surface area contributed by atoms with Crippen LogP contribution in [-0.2, 0) is 9.53 Å². The minimum absolute atomic E-state index is 0.00427. The molecule has 1 atom stereocenters. The summed E-state index contributed by atoms with van der Waals surface area (Å²) in [5, 5.41) is 2.60. The summed E-state index contributed by atoms with van der Waals surface area (Å²) in [6.45, 7) is 7.93. The van der Waals surface area contributed by atoms with E-state index >= 15 is 0 Å². The number of likely N-dealkylation sites (tertiary alicyclic amines) is 1. The van der Waals surface area contributed by atoms with E-state index in [4.69, 9.17) is 4.74 Å². The second-order valence-electron chi connectivity index (χ2n) is 6.33. The van der Waals surface area contributed by atoms with E-state index in [1.807, 2.05) is 4.90 Å². The lowest BCUT2D eigenvalue weighted by Gasteiger charge is -2.43. The Balaban J connectivity index is 1.82. The number of carbonyl (C=O) groups is 2. The van der Waals surface area contributed by atoms with E-state index in [1.165, 1.54) is 0 Å². The average molecular weight is 254 g/mol. The van der Waals surface area contributed by atoms with E-state index in [1.54, 1.807) is 27.7 Å². The van der Waals surface area contributed by atoms with Crippen LogP contribution in [0.3, 0.4) is 0 Å². The topological polar surface area (TPSA) is 58.6 Å². The van der Waals surface area contributed by atoms with Gasteiger partial charge in [0, 0.05) is 12.1 Å². The van der Waals surface area contributed by atoms with Gasteiger partial charge in [0.05, 0.1) is 0 Å². The highest BCUT2D eigenvalue weighted by atomic mass is 16.6. The van der Waals surface area contributed by atoms with Crippen molar-refractivity contribution in [2.75, 3.05) is 6.54 Å². The third kappa shape index (κ3) is 2.60. The minimum atomic E-state index is -0.540. The summed E-state index contributed by atoms with van der Waals surface area (Å²) in [5.41, 5.74) is -0.387. The van der Waals surface area contributed by atoms with Crippen LogP contribution in [0.5, 0.6) is 0 Å². The van der Waals surface area contributed by atoms with Gasteiger partial charge in [0.2, 0.25) is 5.91 Å². The monoisotopic (exact) mass is 254 g/mol. The molecule has 1 saturated heterocycles. The molecule has 1 aliphatic heterocycles. The fraction of sp³-hybridized carbons (Fsp3) is 0.846. The Labute approximate surface area is 108 Å². The van der Waals surface area contributed by atoms with Crippen molar-refractivity contribution in [3.63, 3.8) is 0 Å². The van der Waals surface area contributed by atoms with Crippen LogP contribution in [0, 0.1) is 0 Å². The lowest BCUT2D eigenvalue weighted by molar-refractivity contribution is -0.142. The van der Waals surface area contributed by atoms with Gasteiger partial charge in [-0.1, -0.05) is 0 Å². The van der Waals surface area contributed by atoms with Crippen molar-refractivity contribution in [2.45, 2.75) is 64.1 Å². The number of amides is 2. The molecule has 2 rings (SSSR count). The average Bonchev–Trinajstić information content (AvgIpc) is 2.93. The summed E-state index contributed by atoms with van der Waals surface area (Å²) in [6, 6.07) is -0.516. The maximum Gasteiger partial charge on any atom is 0.408 e. The fourth-order valence-electron chi connectivity index (χ4n) is 2.33. The number of hydrogen-bond acceptors (Lipinski definition) is 3. The summed E-state index contributed by atoms with van der Waals surface area (Å²) >= 11 is 0. The molecule has 0 bridgehead atoms. The first kappa shape index (κ1) is 13.2. The van der Waals surface area contributed by atoms with E-state index in [0.717, 1.165) is 25.8 Å². The van der Waals surface area contributed by atoms with Crippen LogP contribution < -0.4 is 5.32 Å². The predicted molar refractivity (Wildman–Crippen MR) is 67.1 cm³/mol. The Bertz CT molecular complexity index is 369. The molecular weight excluding hydrogens is 232 g/mol. The normalized spacial score (nSPS) is 22.1. The van der Waals surface area contributed by atoms with Crippen molar-refractivity contribution < 1.29 is 14.3 Å². The lowest BCUT2D eigenvalue weighted by Crippen LogP contribution is -2.59. The Morgan fingerprint density at radius 3 is 2.28 bits per heavy atom. The second-order valence-corrected chi connectivity index (χ2v) is 6.33. The molecule has 1 heterocycles. The molecular formula is C13H22N2O3. The minimum Gasteiger partial charge on any atom is -0.444 e. The number of carbonyl (C=O) groups excluding carboxylic acids is 2. The highest BCUT2D eigenvalue weighted by Gasteiger charge is 2.56. The number of alkyl carbamates (subject to hydrolysis) is 1. The van der Waals surface area contributed by atoms with E-state index in [-0.39, 0.29) is 11.4 Å². The zero-order valence-corrected chi connectivity index (χ0v) is 11.6. The quantitative estimate of drug-likeness (QED) is 0.815. The molecule has 2 amide bonds. The molecule has 0 aromatic rings. The first-order chi connectivity index (χ1) is 8.23. The molecule has 1 saturated carbocycles. The van der Waals surface area contributed by atoms with Gasteiger partial charge in [-0.2, -0.15) is 0 Å². The number of nitrogens with zero attached hydrogens (tertiary/aromatic N) is 1. The molecule has 18 heavy (non-hydrogen) atoms. The maximum absolute atomic E-state index is 12.1. The van der Waals surface area contributed by atoms with Crippen LogP contribution in [0.1, 0.15) is 47.0 Å². The molecule has 5 nitrogen and oxygen atoms in total. The predicted octanol–water partition coefficient (Wildman–Crippen LogP) is 1.66. The summed E-state index contributed by atoms with van der Waals surface area (Å²) in [5.74, 6) is 0.00427. The number of ether oxygens (including phenoxy) is 1. The zero-order chi connectivity index (χ0) is 13.6. The highest BCUT2D eigenvalue weighted by molar-refractivity contribution is 5.87.